The number of rotatable bonds is 1. The van der Waals surface area contributed by atoms with Crippen molar-refractivity contribution in [3.05, 3.63) is 0 Å². The average molecular weight is 193 g/mol. The highest BCUT2D eigenvalue weighted by Crippen LogP contribution is 2.28. The molecule has 2 fully saturated rings. The van der Waals surface area contributed by atoms with E-state index in [0.29, 0.717) is 6.04 Å². The van der Waals surface area contributed by atoms with Gasteiger partial charge < -0.3 is 5.73 Å². The Bertz CT molecular complexity index is 239. The fourth-order valence-electron chi connectivity index (χ4n) is 2.71. The number of hydrogen-bond acceptors (Lipinski definition) is 3. The Morgan fingerprint density at radius 1 is 1.29 bits per heavy atom. The summed E-state index contributed by atoms with van der Waals surface area (Å²) >= 11 is 0. The normalized spacial score (nSPS) is 35.7. The Labute approximate surface area is 85.9 Å². The van der Waals surface area contributed by atoms with E-state index in [4.69, 9.17) is 11.0 Å². The lowest BCUT2D eigenvalue weighted by Crippen LogP contribution is -2.44. The van der Waals surface area contributed by atoms with Gasteiger partial charge in [0.2, 0.25) is 0 Å². The molecular formula is C11H19N3. The molecule has 1 heterocycles. The van der Waals surface area contributed by atoms with Crippen LogP contribution in [0.1, 0.15) is 38.5 Å². The molecule has 1 atom stereocenters. The van der Waals surface area contributed by atoms with Crippen molar-refractivity contribution >= 4 is 0 Å². The molecule has 14 heavy (non-hydrogen) atoms. The molecule has 0 aromatic heterocycles. The molecule has 0 bridgehead atoms. The van der Waals surface area contributed by atoms with Gasteiger partial charge in [-0.3, -0.25) is 4.90 Å². The van der Waals surface area contributed by atoms with Gasteiger partial charge in [0.1, 0.15) is 5.54 Å². The quantitative estimate of drug-likeness (QED) is 0.682. The standard InChI is InChI=1S/C11H19N3/c12-8-11(13)6-7-14(9-11)10-4-2-1-3-5-10/h10H,1-7,9,13H2. The van der Waals surface area contributed by atoms with E-state index in [-0.39, 0.29) is 0 Å². The molecule has 1 aliphatic carbocycles. The molecule has 78 valence electrons. The first-order chi connectivity index (χ1) is 6.73. The Kier molecular flexibility index (Phi) is 2.76. The molecule has 0 amide bonds. The summed E-state index contributed by atoms with van der Waals surface area (Å²) in [6, 6.07) is 2.96. The number of hydrogen-bond donors (Lipinski definition) is 1. The van der Waals surface area contributed by atoms with Gasteiger partial charge in [-0.1, -0.05) is 19.3 Å². The molecule has 1 saturated heterocycles. The van der Waals surface area contributed by atoms with Crippen molar-refractivity contribution in [3.8, 4) is 6.07 Å². The van der Waals surface area contributed by atoms with E-state index in [9.17, 15) is 0 Å². The molecule has 0 aromatic carbocycles. The zero-order chi connectivity index (χ0) is 10.0. The Hall–Kier alpha value is -0.590. The van der Waals surface area contributed by atoms with Crippen molar-refractivity contribution in [3.63, 3.8) is 0 Å². The highest BCUT2D eigenvalue weighted by Gasteiger charge is 2.37. The van der Waals surface area contributed by atoms with Crippen LogP contribution in [0.25, 0.3) is 0 Å². The Morgan fingerprint density at radius 2 is 2.00 bits per heavy atom. The first-order valence-electron chi connectivity index (χ1n) is 5.68. The minimum atomic E-state index is -0.558. The van der Waals surface area contributed by atoms with Crippen LogP contribution in [0.4, 0.5) is 0 Å². The van der Waals surface area contributed by atoms with Gasteiger partial charge in [-0.25, -0.2) is 0 Å². The summed E-state index contributed by atoms with van der Waals surface area (Å²) in [5.74, 6) is 0. The van der Waals surface area contributed by atoms with Gasteiger partial charge >= 0.3 is 0 Å². The lowest BCUT2D eigenvalue weighted by Gasteiger charge is -2.31. The topological polar surface area (TPSA) is 53.1 Å². The van der Waals surface area contributed by atoms with E-state index in [1.165, 1.54) is 32.1 Å². The lowest BCUT2D eigenvalue weighted by molar-refractivity contribution is 0.186. The molecule has 2 aliphatic rings. The third kappa shape index (κ3) is 1.92. The third-order valence-electron chi connectivity index (χ3n) is 3.64. The van der Waals surface area contributed by atoms with Crippen LogP contribution < -0.4 is 5.73 Å². The Balaban J connectivity index is 1.92. The smallest absolute Gasteiger partial charge is 0.118 e. The molecular weight excluding hydrogens is 174 g/mol. The van der Waals surface area contributed by atoms with Gasteiger partial charge in [0.25, 0.3) is 0 Å². The SMILES string of the molecule is N#CC1(N)CCN(C2CCCCC2)C1. The van der Waals surface area contributed by atoms with E-state index in [1.807, 2.05) is 0 Å². The minimum absolute atomic E-state index is 0.558. The predicted molar refractivity (Wildman–Crippen MR) is 55.6 cm³/mol. The molecule has 0 aromatic rings. The van der Waals surface area contributed by atoms with Crippen LogP contribution in [-0.2, 0) is 0 Å². The molecule has 0 spiro atoms. The highest BCUT2D eigenvalue weighted by atomic mass is 15.2. The first kappa shape index (κ1) is 9.95. The number of nitrogens with two attached hydrogens (primary N) is 1. The van der Waals surface area contributed by atoms with E-state index in [0.717, 1.165) is 19.5 Å². The largest absolute Gasteiger partial charge is 0.312 e. The van der Waals surface area contributed by atoms with Crippen molar-refractivity contribution in [2.45, 2.75) is 50.1 Å². The predicted octanol–water partition coefficient (Wildman–Crippen LogP) is 1.25. The van der Waals surface area contributed by atoms with Crippen molar-refractivity contribution in [2.24, 2.45) is 5.73 Å². The molecule has 1 unspecified atom stereocenters. The fourth-order valence-corrected chi connectivity index (χ4v) is 2.71. The van der Waals surface area contributed by atoms with Crippen molar-refractivity contribution in [1.29, 1.82) is 5.26 Å². The molecule has 3 heteroatoms. The van der Waals surface area contributed by atoms with Gasteiger partial charge in [-0.2, -0.15) is 5.26 Å². The maximum absolute atomic E-state index is 8.94. The minimum Gasteiger partial charge on any atom is -0.312 e. The second kappa shape index (κ2) is 3.88. The van der Waals surface area contributed by atoms with E-state index in [2.05, 4.69) is 11.0 Å². The van der Waals surface area contributed by atoms with Crippen LogP contribution in [0.15, 0.2) is 0 Å². The van der Waals surface area contributed by atoms with Crippen molar-refractivity contribution < 1.29 is 0 Å². The highest BCUT2D eigenvalue weighted by molar-refractivity contribution is 5.11. The summed E-state index contributed by atoms with van der Waals surface area (Å²) < 4.78 is 0. The third-order valence-corrected chi connectivity index (χ3v) is 3.64. The maximum atomic E-state index is 8.94. The van der Waals surface area contributed by atoms with Gasteiger partial charge in [0.15, 0.2) is 0 Å². The summed E-state index contributed by atoms with van der Waals surface area (Å²) in [4.78, 5) is 2.43. The summed E-state index contributed by atoms with van der Waals surface area (Å²) in [5.41, 5.74) is 5.39. The van der Waals surface area contributed by atoms with Crippen LogP contribution in [0.2, 0.25) is 0 Å². The van der Waals surface area contributed by atoms with Gasteiger partial charge in [-0.05, 0) is 19.3 Å². The molecule has 1 aliphatic heterocycles. The second-order valence-corrected chi connectivity index (χ2v) is 4.78. The summed E-state index contributed by atoms with van der Waals surface area (Å²) in [7, 11) is 0. The number of likely N-dealkylation sites (tertiary alicyclic amines) is 1. The lowest BCUT2D eigenvalue weighted by atomic mass is 9.94. The molecule has 2 N–H and O–H groups in total. The first-order valence-corrected chi connectivity index (χ1v) is 5.68. The zero-order valence-corrected chi connectivity index (χ0v) is 8.71. The van der Waals surface area contributed by atoms with Crippen molar-refractivity contribution in [2.75, 3.05) is 13.1 Å². The summed E-state index contributed by atoms with van der Waals surface area (Å²) in [5, 5.41) is 8.94. The van der Waals surface area contributed by atoms with Crippen LogP contribution in [-0.4, -0.2) is 29.6 Å². The monoisotopic (exact) mass is 193 g/mol. The molecule has 2 rings (SSSR count). The average Bonchev–Trinajstić information content (AvgIpc) is 2.63. The van der Waals surface area contributed by atoms with Gasteiger partial charge in [-0.15, -0.1) is 0 Å². The van der Waals surface area contributed by atoms with Crippen LogP contribution in [0, 0.1) is 11.3 Å². The molecule has 1 saturated carbocycles. The Morgan fingerprint density at radius 3 is 2.57 bits per heavy atom. The molecule has 3 nitrogen and oxygen atoms in total. The zero-order valence-electron chi connectivity index (χ0n) is 8.71. The van der Waals surface area contributed by atoms with E-state index < -0.39 is 5.54 Å². The number of nitriles is 1. The maximum Gasteiger partial charge on any atom is 0.118 e. The van der Waals surface area contributed by atoms with Crippen LogP contribution in [0.3, 0.4) is 0 Å². The fraction of sp³-hybridized carbons (Fsp3) is 0.909. The van der Waals surface area contributed by atoms with E-state index >= 15 is 0 Å². The molecule has 0 radical (unpaired) electrons. The van der Waals surface area contributed by atoms with E-state index in [1.54, 1.807) is 0 Å². The second-order valence-electron chi connectivity index (χ2n) is 4.78. The van der Waals surface area contributed by atoms with Crippen molar-refractivity contribution in [1.82, 2.24) is 4.90 Å². The summed E-state index contributed by atoms with van der Waals surface area (Å²) in [6.07, 6.45) is 7.55. The van der Waals surface area contributed by atoms with Gasteiger partial charge in [0, 0.05) is 19.1 Å². The number of nitrogens with zero attached hydrogens (tertiary/aromatic N) is 2. The van der Waals surface area contributed by atoms with Gasteiger partial charge in [0.05, 0.1) is 6.07 Å². The van der Waals surface area contributed by atoms with Crippen LogP contribution >= 0.6 is 0 Å². The van der Waals surface area contributed by atoms with Crippen LogP contribution in [0.5, 0.6) is 0 Å². The summed E-state index contributed by atoms with van der Waals surface area (Å²) in [6.45, 7) is 1.81.